The van der Waals surface area contributed by atoms with Crippen molar-refractivity contribution in [3.63, 3.8) is 0 Å². The van der Waals surface area contributed by atoms with Crippen molar-refractivity contribution in [3.8, 4) is 0 Å². The molecule has 0 saturated heterocycles. The second kappa shape index (κ2) is 16.2. The van der Waals surface area contributed by atoms with E-state index in [1.165, 1.54) is 0 Å². The van der Waals surface area contributed by atoms with Gasteiger partial charge in [0.1, 0.15) is 0 Å². The summed E-state index contributed by atoms with van der Waals surface area (Å²) in [4.78, 5) is 43.6. The number of carbonyl (C=O) groups is 3. The van der Waals surface area contributed by atoms with Crippen molar-refractivity contribution in [3.05, 3.63) is 29.6 Å². The first kappa shape index (κ1) is 32.3. The van der Waals surface area contributed by atoms with Gasteiger partial charge in [-0.2, -0.15) is 13.2 Å². The van der Waals surface area contributed by atoms with Gasteiger partial charge in [-0.15, -0.1) is 0 Å². The first-order valence-corrected chi connectivity index (χ1v) is 12.0. The minimum absolute atomic E-state index is 0.0270. The Kier molecular flexibility index (Phi) is 14.1. The third-order valence-electron chi connectivity index (χ3n) is 5.01. The molecule has 1 aromatic heterocycles. The fourth-order valence-corrected chi connectivity index (χ4v) is 3.11. The largest absolute Gasteiger partial charge is 0.471 e. The topological polar surface area (TPSA) is 113 Å². The summed E-state index contributed by atoms with van der Waals surface area (Å²) in [5, 5.41) is 4.80. The van der Waals surface area contributed by atoms with Gasteiger partial charge in [-0.3, -0.25) is 19.4 Å². The predicted octanol–water partition coefficient (Wildman–Crippen LogP) is 1.49. The van der Waals surface area contributed by atoms with Gasteiger partial charge in [0.25, 0.3) is 0 Å². The summed E-state index contributed by atoms with van der Waals surface area (Å²) in [6, 6.07) is 3.38. The van der Waals surface area contributed by atoms with Gasteiger partial charge in [0.15, 0.2) is 0 Å². The highest BCUT2D eigenvalue weighted by molar-refractivity contribution is 5.81. The van der Waals surface area contributed by atoms with Gasteiger partial charge in [0.05, 0.1) is 37.5 Å². The van der Waals surface area contributed by atoms with Crippen molar-refractivity contribution in [2.45, 2.75) is 58.7 Å². The fraction of sp³-hybridized carbons (Fsp3) is 0.667. The van der Waals surface area contributed by atoms with Crippen LogP contribution in [-0.4, -0.2) is 97.8 Å². The maximum atomic E-state index is 12.5. The lowest BCUT2D eigenvalue weighted by Gasteiger charge is -2.23. The van der Waals surface area contributed by atoms with Crippen LogP contribution in [0.15, 0.2) is 18.3 Å². The number of ether oxygens (including phenoxy) is 2. The molecule has 10 nitrogen and oxygen atoms in total. The number of nitrogens with one attached hydrogen (secondary N) is 2. The number of rotatable bonds is 16. The van der Waals surface area contributed by atoms with Crippen LogP contribution in [0.3, 0.4) is 0 Å². The lowest BCUT2D eigenvalue weighted by atomic mass is 10.2. The summed E-state index contributed by atoms with van der Waals surface area (Å²) in [6.07, 6.45) is -5.28. The molecule has 0 saturated carbocycles. The van der Waals surface area contributed by atoms with E-state index in [2.05, 4.69) is 10.3 Å². The molecule has 0 aliphatic carbocycles. The summed E-state index contributed by atoms with van der Waals surface area (Å²) in [7, 11) is 3.88. The van der Waals surface area contributed by atoms with E-state index < -0.39 is 36.8 Å². The van der Waals surface area contributed by atoms with Gasteiger partial charge in [-0.1, -0.05) is 0 Å². The third kappa shape index (κ3) is 13.9. The monoisotopic (exact) mass is 533 g/mol. The standard InChI is InChI=1S/C24H38F3N5O5/c1-6-32(10-9-31(4)5)21(33)15-28-13-19-11-18(7-8-29-19)16-36-20(12-22(34)37-17(2)3)14-30-23(35)24(25,26)27/h7-8,11,17,20,28H,6,9-10,12-16H2,1-5H3,(H,30,35). The summed E-state index contributed by atoms with van der Waals surface area (Å²) in [5.74, 6) is -2.80. The van der Waals surface area contributed by atoms with Crippen molar-refractivity contribution in [1.82, 2.24) is 25.4 Å². The molecule has 1 rings (SSSR count). The SMILES string of the molecule is CCN(CCN(C)C)C(=O)CNCc1cc(COC(CNC(=O)C(F)(F)F)CC(=O)OC(C)C)ccn1. The number of carbonyl (C=O) groups excluding carboxylic acids is 3. The van der Waals surface area contributed by atoms with Crippen molar-refractivity contribution < 1.29 is 37.0 Å². The zero-order valence-corrected chi connectivity index (χ0v) is 22.1. The quantitative estimate of drug-likeness (QED) is 0.308. The molecule has 0 radical (unpaired) electrons. The van der Waals surface area contributed by atoms with Crippen molar-refractivity contribution in [2.75, 3.05) is 46.8 Å². The van der Waals surface area contributed by atoms with Crippen LogP contribution < -0.4 is 10.6 Å². The maximum absolute atomic E-state index is 12.5. The molecule has 37 heavy (non-hydrogen) atoms. The Morgan fingerprint density at radius 1 is 1.16 bits per heavy atom. The molecule has 1 atom stereocenters. The zero-order chi connectivity index (χ0) is 28.0. The number of amides is 2. The Hall–Kier alpha value is -2.77. The molecule has 0 fully saturated rings. The van der Waals surface area contributed by atoms with E-state index in [1.54, 1.807) is 42.4 Å². The van der Waals surface area contributed by atoms with Gasteiger partial charge in [0, 0.05) is 38.9 Å². The number of pyridine rings is 1. The molecule has 210 valence electrons. The van der Waals surface area contributed by atoms with Gasteiger partial charge in [0.2, 0.25) is 5.91 Å². The number of esters is 1. The number of aromatic nitrogens is 1. The van der Waals surface area contributed by atoms with E-state index in [0.717, 1.165) is 6.54 Å². The van der Waals surface area contributed by atoms with Gasteiger partial charge in [-0.25, -0.2) is 0 Å². The number of halogens is 3. The fourth-order valence-electron chi connectivity index (χ4n) is 3.11. The number of hydrogen-bond acceptors (Lipinski definition) is 8. The van der Waals surface area contributed by atoms with E-state index >= 15 is 0 Å². The molecule has 0 spiro atoms. The molecule has 2 amide bonds. The second-order valence-corrected chi connectivity index (χ2v) is 8.92. The summed E-state index contributed by atoms with van der Waals surface area (Å²) < 4.78 is 48.3. The van der Waals surface area contributed by atoms with Crippen LogP contribution >= 0.6 is 0 Å². The predicted molar refractivity (Wildman–Crippen MR) is 130 cm³/mol. The third-order valence-corrected chi connectivity index (χ3v) is 5.01. The molecule has 1 aromatic rings. The van der Waals surface area contributed by atoms with Crippen molar-refractivity contribution in [1.29, 1.82) is 0 Å². The second-order valence-electron chi connectivity index (χ2n) is 8.92. The van der Waals surface area contributed by atoms with Crippen LogP contribution in [0.1, 0.15) is 38.4 Å². The Morgan fingerprint density at radius 3 is 2.46 bits per heavy atom. The van der Waals surface area contributed by atoms with Crippen LogP contribution in [0, 0.1) is 0 Å². The van der Waals surface area contributed by atoms with Gasteiger partial charge < -0.3 is 29.9 Å². The highest BCUT2D eigenvalue weighted by Gasteiger charge is 2.38. The number of likely N-dealkylation sites (N-methyl/N-ethyl adjacent to an activating group) is 2. The number of hydrogen-bond donors (Lipinski definition) is 2. The molecular formula is C24H38F3N5O5. The molecule has 1 heterocycles. The average Bonchev–Trinajstić information content (AvgIpc) is 2.80. The molecule has 1 unspecified atom stereocenters. The van der Waals surface area contributed by atoms with Crippen LogP contribution in [0.4, 0.5) is 13.2 Å². The van der Waals surface area contributed by atoms with Crippen molar-refractivity contribution >= 4 is 17.8 Å². The van der Waals surface area contributed by atoms with Crippen LogP contribution in [-0.2, 0) is 37.0 Å². The maximum Gasteiger partial charge on any atom is 0.471 e. The van der Waals surface area contributed by atoms with Gasteiger partial charge >= 0.3 is 18.1 Å². The highest BCUT2D eigenvalue weighted by atomic mass is 19.4. The smallest absolute Gasteiger partial charge is 0.463 e. The normalized spacial score (nSPS) is 12.5. The Labute approximate surface area is 215 Å². The van der Waals surface area contributed by atoms with E-state index in [4.69, 9.17) is 9.47 Å². The minimum Gasteiger partial charge on any atom is -0.463 e. The van der Waals surface area contributed by atoms with Crippen molar-refractivity contribution in [2.24, 2.45) is 0 Å². The first-order valence-electron chi connectivity index (χ1n) is 12.0. The Morgan fingerprint density at radius 2 is 1.86 bits per heavy atom. The molecule has 0 bridgehead atoms. The van der Waals surface area contributed by atoms with Gasteiger partial charge in [-0.05, 0) is 52.6 Å². The highest BCUT2D eigenvalue weighted by Crippen LogP contribution is 2.15. The molecule has 0 aromatic carbocycles. The molecule has 0 aliphatic rings. The molecule has 13 heteroatoms. The van der Waals surface area contributed by atoms with Crippen LogP contribution in [0.25, 0.3) is 0 Å². The van der Waals surface area contributed by atoms with E-state index in [1.807, 2.05) is 25.9 Å². The lowest BCUT2D eigenvalue weighted by molar-refractivity contribution is -0.174. The Balaban J connectivity index is 2.67. The molecule has 0 aliphatic heterocycles. The van der Waals surface area contributed by atoms with E-state index in [9.17, 15) is 27.6 Å². The average molecular weight is 534 g/mol. The number of alkyl halides is 3. The first-order chi connectivity index (χ1) is 17.3. The van der Waals surface area contributed by atoms with E-state index in [0.29, 0.717) is 30.9 Å². The summed E-state index contributed by atoms with van der Waals surface area (Å²) in [5.41, 5.74) is 1.29. The Bertz CT molecular complexity index is 867. The van der Waals surface area contributed by atoms with Crippen LogP contribution in [0.5, 0.6) is 0 Å². The lowest BCUT2D eigenvalue weighted by Crippen LogP contribution is -2.42. The summed E-state index contributed by atoms with van der Waals surface area (Å²) in [6.45, 7) is 7.10. The summed E-state index contributed by atoms with van der Waals surface area (Å²) >= 11 is 0. The minimum atomic E-state index is -5.04. The molecular weight excluding hydrogens is 495 g/mol. The van der Waals surface area contributed by atoms with E-state index in [-0.39, 0.29) is 25.5 Å². The van der Waals surface area contributed by atoms with Crippen LogP contribution in [0.2, 0.25) is 0 Å². The zero-order valence-electron chi connectivity index (χ0n) is 22.1. The molecule has 2 N–H and O–H groups in total. The number of nitrogens with zero attached hydrogens (tertiary/aromatic N) is 3.